The maximum atomic E-state index is 12.2. The lowest BCUT2D eigenvalue weighted by Crippen LogP contribution is -2.39. The van der Waals surface area contributed by atoms with Gasteiger partial charge in [0.1, 0.15) is 5.82 Å². The van der Waals surface area contributed by atoms with E-state index in [1.807, 2.05) is 11.5 Å². The summed E-state index contributed by atoms with van der Waals surface area (Å²) in [6.07, 6.45) is 1.75. The van der Waals surface area contributed by atoms with Gasteiger partial charge in [-0.2, -0.15) is 0 Å². The second-order valence-corrected chi connectivity index (χ2v) is 5.72. The van der Waals surface area contributed by atoms with Crippen molar-refractivity contribution in [3.05, 3.63) is 18.5 Å². The standard InChI is InChI=1S/C12H17N5O2S/c1-4-6-16-9(3)14-15-12(16)20-8(2)10(18)17-7-5-13-11(17)19/h4,8H,1,5-7H2,2-3H3,(H,13,19)/t8-/m1/s1. The van der Waals surface area contributed by atoms with Gasteiger partial charge in [0, 0.05) is 19.6 Å². The van der Waals surface area contributed by atoms with Crippen molar-refractivity contribution in [3.63, 3.8) is 0 Å². The molecular formula is C12H17N5O2S. The van der Waals surface area contributed by atoms with Crippen molar-refractivity contribution < 1.29 is 9.59 Å². The summed E-state index contributed by atoms with van der Waals surface area (Å²) in [7, 11) is 0. The monoisotopic (exact) mass is 295 g/mol. The van der Waals surface area contributed by atoms with Gasteiger partial charge < -0.3 is 9.88 Å². The van der Waals surface area contributed by atoms with Crippen LogP contribution in [0.15, 0.2) is 17.8 Å². The number of thioether (sulfide) groups is 1. The summed E-state index contributed by atoms with van der Waals surface area (Å²) in [4.78, 5) is 24.9. The minimum absolute atomic E-state index is 0.212. The highest BCUT2D eigenvalue weighted by molar-refractivity contribution is 8.00. The molecule has 1 fully saturated rings. The van der Waals surface area contributed by atoms with Gasteiger partial charge in [-0.3, -0.25) is 9.69 Å². The molecule has 2 heterocycles. The summed E-state index contributed by atoms with van der Waals surface area (Å²) in [5.74, 6) is 0.557. The number of aromatic nitrogens is 3. The number of carbonyl (C=O) groups excluding carboxylic acids is 2. The second-order valence-electron chi connectivity index (χ2n) is 4.41. The Morgan fingerprint density at radius 3 is 2.95 bits per heavy atom. The van der Waals surface area contributed by atoms with E-state index in [0.717, 1.165) is 5.82 Å². The van der Waals surface area contributed by atoms with E-state index in [1.165, 1.54) is 16.7 Å². The van der Waals surface area contributed by atoms with E-state index in [1.54, 1.807) is 13.0 Å². The van der Waals surface area contributed by atoms with Crippen LogP contribution in [0.2, 0.25) is 0 Å². The summed E-state index contributed by atoms with van der Waals surface area (Å²) < 4.78 is 1.88. The number of carbonyl (C=O) groups is 2. The molecule has 0 aromatic carbocycles. The first-order valence-electron chi connectivity index (χ1n) is 6.31. The molecule has 8 heteroatoms. The van der Waals surface area contributed by atoms with E-state index < -0.39 is 5.25 Å². The van der Waals surface area contributed by atoms with Crippen molar-refractivity contribution in [1.29, 1.82) is 0 Å². The summed E-state index contributed by atoms with van der Waals surface area (Å²) in [5.41, 5.74) is 0. The van der Waals surface area contributed by atoms with E-state index in [-0.39, 0.29) is 11.9 Å². The highest BCUT2D eigenvalue weighted by Crippen LogP contribution is 2.24. The molecule has 108 valence electrons. The molecule has 1 aliphatic heterocycles. The van der Waals surface area contributed by atoms with Gasteiger partial charge in [0.2, 0.25) is 5.91 Å². The zero-order chi connectivity index (χ0) is 14.7. The summed E-state index contributed by atoms with van der Waals surface area (Å²) in [6, 6.07) is -0.328. The second kappa shape index (κ2) is 6.08. The van der Waals surface area contributed by atoms with Crippen LogP contribution in [0, 0.1) is 6.92 Å². The van der Waals surface area contributed by atoms with Gasteiger partial charge in [0.25, 0.3) is 0 Å². The molecule has 1 aliphatic rings. The first kappa shape index (κ1) is 14.6. The molecule has 2 rings (SSSR count). The van der Waals surface area contributed by atoms with Gasteiger partial charge in [-0.05, 0) is 13.8 Å². The molecule has 1 aromatic rings. The largest absolute Gasteiger partial charge is 0.336 e. The fourth-order valence-corrected chi connectivity index (χ4v) is 2.86. The molecule has 0 radical (unpaired) electrons. The van der Waals surface area contributed by atoms with Gasteiger partial charge in [0.05, 0.1) is 5.25 Å². The topological polar surface area (TPSA) is 80.1 Å². The Hall–Kier alpha value is -1.83. The molecule has 1 atom stereocenters. The Morgan fingerprint density at radius 2 is 2.35 bits per heavy atom. The first-order chi connectivity index (χ1) is 9.54. The van der Waals surface area contributed by atoms with Crippen LogP contribution in [0.1, 0.15) is 12.7 Å². The molecule has 1 N–H and O–H groups in total. The molecule has 7 nitrogen and oxygen atoms in total. The number of aryl methyl sites for hydroxylation is 1. The fraction of sp³-hybridized carbons (Fsp3) is 0.500. The van der Waals surface area contributed by atoms with Crippen LogP contribution in [-0.4, -0.2) is 49.9 Å². The number of allylic oxidation sites excluding steroid dienone is 1. The fourth-order valence-electron chi connectivity index (χ4n) is 1.90. The lowest BCUT2D eigenvalue weighted by atomic mass is 10.4. The van der Waals surface area contributed by atoms with Gasteiger partial charge in [-0.15, -0.1) is 16.8 Å². The summed E-state index contributed by atoms with van der Waals surface area (Å²) in [6.45, 7) is 8.82. The number of nitrogens with zero attached hydrogens (tertiary/aromatic N) is 4. The molecule has 0 spiro atoms. The predicted molar refractivity (Wildman–Crippen MR) is 75.4 cm³/mol. The summed E-state index contributed by atoms with van der Waals surface area (Å²) in [5, 5.41) is 10.9. The SMILES string of the molecule is C=CCn1c(C)nnc1S[C@H](C)C(=O)N1CCNC1=O. The number of urea groups is 1. The molecule has 1 aromatic heterocycles. The third-order valence-corrected chi connectivity index (χ3v) is 4.03. The van der Waals surface area contributed by atoms with Gasteiger partial charge in [0.15, 0.2) is 5.16 Å². The molecule has 0 saturated carbocycles. The zero-order valence-electron chi connectivity index (χ0n) is 11.5. The van der Waals surface area contributed by atoms with Crippen molar-refractivity contribution in [2.75, 3.05) is 13.1 Å². The van der Waals surface area contributed by atoms with E-state index >= 15 is 0 Å². The summed E-state index contributed by atoms with van der Waals surface area (Å²) >= 11 is 1.30. The highest BCUT2D eigenvalue weighted by Gasteiger charge is 2.31. The van der Waals surface area contributed by atoms with E-state index in [4.69, 9.17) is 0 Å². The number of imide groups is 1. The minimum Gasteiger partial charge on any atom is -0.336 e. The van der Waals surface area contributed by atoms with E-state index in [0.29, 0.717) is 24.8 Å². The molecule has 0 unspecified atom stereocenters. The first-order valence-corrected chi connectivity index (χ1v) is 7.19. The highest BCUT2D eigenvalue weighted by atomic mass is 32.2. The van der Waals surface area contributed by atoms with Crippen LogP contribution >= 0.6 is 11.8 Å². The van der Waals surface area contributed by atoms with Crippen LogP contribution in [0.25, 0.3) is 0 Å². The van der Waals surface area contributed by atoms with Crippen LogP contribution in [0.5, 0.6) is 0 Å². The van der Waals surface area contributed by atoms with E-state index in [2.05, 4.69) is 22.1 Å². The maximum Gasteiger partial charge on any atom is 0.324 e. The van der Waals surface area contributed by atoms with Crippen LogP contribution < -0.4 is 5.32 Å². The van der Waals surface area contributed by atoms with Crippen LogP contribution in [0.4, 0.5) is 4.79 Å². The van der Waals surface area contributed by atoms with Crippen molar-refractivity contribution in [2.24, 2.45) is 0 Å². The lowest BCUT2D eigenvalue weighted by molar-refractivity contribution is -0.126. The maximum absolute atomic E-state index is 12.2. The van der Waals surface area contributed by atoms with Crippen LogP contribution in [-0.2, 0) is 11.3 Å². The van der Waals surface area contributed by atoms with E-state index in [9.17, 15) is 9.59 Å². The van der Waals surface area contributed by atoms with Crippen molar-refractivity contribution in [2.45, 2.75) is 30.8 Å². The smallest absolute Gasteiger partial charge is 0.324 e. The third kappa shape index (κ3) is 2.84. The number of amides is 3. The van der Waals surface area contributed by atoms with Gasteiger partial charge in [-0.1, -0.05) is 17.8 Å². The Bertz CT molecular complexity index is 542. The molecule has 1 saturated heterocycles. The Kier molecular flexibility index (Phi) is 4.43. The molecule has 20 heavy (non-hydrogen) atoms. The van der Waals surface area contributed by atoms with Crippen molar-refractivity contribution >= 4 is 23.7 Å². The third-order valence-electron chi connectivity index (χ3n) is 2.97. The number of hydrogen-bond donors (Lipinski definition) is 1. The number of hydrogen-bond acceptors (Lipinski definition) is 5. The Labute approximate surface area is 121 Å². The zero-order valence-corrected chi connectivity index (χ0v) is 12.3. The Balaban J connectivity index is 2.07. The predicted octanol–water partition coefficient (Wildman–Crippen LogP) is 0.805. The molecule has 3 amide bonds. The molecule has 0 bridgehead atoms. The van der Waals surface area contributed by atoms with Crippen molar-refractivity contribution in [3.8, 4) is 0 Å². The van der Waals surface area contributed by atoms with Gasteiger partial charge >= 0.3 is 6.03 Å². The molecular weight excluding hydrogens is 278 g/mol. The minimum atomic E-state index is -0.397. The van der Waals surface area contributed by atoms with Gasteiger partial charge in [-0.25, -0.2) is 4.79 Å². The van der Waals surface area contributed by atoms with Crippen LogP contribution in [0.3, 0.4) is 0 Å². The Morgan fingerprint density at radius 1 is 1.60 bits per heavy atom. The average Bonchev–Trinajstić information content (AvgIpc) is 2.98. The number of nitrogens with one attached hydrogen (secondary N) is 1. The van der Waals surface area contributed by atoms with Crippen molar-refractivity contribution in [1.82, 2.24) is 25.0 Å². The quantitative estimate of drug-likeness (QED) is 0.642. The normalized spacial score (nSPS) is 16.1. The molecule has 0 aliphatic carbocycles. The average molecular weight is 295 g/mol. The number of rotatable bonds is 5. The lowest BCUT2D eigenvalue weighted by Gasteiger charge is -2.17.